The summed E-state index contributed by atoms with van der Waals surface area (Å²) in [6.45, 7) is 1.84. The molecular weight excluding hydrogens is 254 g/mol. The highest BCUT2D eigenvalue weighted by Gasteiger charge is 2.36. The summed E-state index contributed by atoms with van der Waals surface area (Å²) in [4.78, 5) is 29.3. The van der Waals surface area contributed by atoms with E-state index in [0.29, 0.717) is 0 Å². The van der Waals surface area contributed by atoms with Crippen molar-refractivity contribution in [1.29, 1.82) is 0 Å². The molecule has 96 valence electrons. The molecule has 1 unspecified atom stereocenters. The van der Waals surface area contributed by atoms with Crippen LogP contribution in [0.25, 0.3) is 0 Å². The maximum atomic E-state index is 12.0. The predicted molar refractivity (Wildman–Crippen MR) is 65.5 cm³/mol. The van der Waals surface area contributed by atoms with E-state index in [4.69, 9.17) is 9.57 Å². The van der Waals surface area contributed by atoms with E-state index in [1.54, 1.807) is 6.92 Å². The molecule has 1 saturated heterocycles. The van der Waals surface area contributed by atoms with E-state index in [2.05, 4.69) is 0 Å². The van der Waals surface area contributed by atoms with Crippen molar-refractivity contribution in [2.24, 2.45) is 0 Å². The minimum Gasteiger partial charge on any atom is -0.347 e. The Labute approximate surface area is 109 Å². The van der Waals surface area contributed by atoms with Crippen LogP contribution in [0.3, 0.4) is 0 Å². The summed E-state index contributed by atoms with van der Waals surface area (Å²) in [5.41, 5.74) is -0.739. The third-order valence-electron chi connectivity index (χ3n) is 2.23. The molecule has 5 nitrogen and oxygen atoms in total. The van der Waals surface area contributed by atoms with Crippen molar-refractivity contribution in [3.8, 4) is 0 Å². The molecule has 0 bridgehead atoms. The quantitative estimate of drug-likeness (QED) is 0.773. The number of imide groups is 1. The number of morpholine rings is 1. The van der Waals surface area contributed by atoms with Gasteiger partial charge < -0.3 is 4.74 Å². The fourth-order valence-electron chi connectivity index (χ4n) is 1.47. The van der Waals surface area contributed by atoms with Gasteiger partial charge in [-0.15, -0.1) is 5.06 Å². The number of hydrogen-bond donors (Lipinski definition) is 0. The Bertz CT molecular complexity index is 437. The molecule has 0 aliphatic carbocycles. The second-order valence-corrected chi connectivity index (χ2v) is 4.65. The van der Waals surface area contributed by atoms with Crippen LogP contribution >= 0.6 is 11.8 Å². The maximum Gasteiger partial charge on any atom is 0.293 e. The largest absolute Gasteiger partial charge is 0.347 e. The standard InChI is InChI=1S/C12H13NO4S/c1-2-17-13-10(14)8-16-12(11(13)15)18-9-6-4-3-5-7-9/h3-7,12H,2,8H2,1H3. The lowest BCUT2D eigenvalue weighted by Gasteiger charge is -2.28. The van der Waals surface area contributed by atoms with Gasteiger partial charge in [-0.1, -0.05) is 30.0 Å². The molecule has 0 N–H and O–H groups in total. The fourth-order valence-corrected chi connectivity index (χ4v) is 2.36. The first-order chi connectivity index (χ1) is 8.72. The monoisotopic (exact) mass is 267 g/mol. The van der Waals surface area contributed by atoms with Gasteiger partial charge in [-0.2, -0.15) is 0 Å². The molecule has 1 aromatic carbocycles. The topological polar surface area (TPSA) is 55.8 Å². The lowest BCUT2D eigenvalue weighted by Crippen LogP contribution is -2.49. The lowest BCUT2D eigenvalue weighted by molar-refractivity contribution is -0.210. The van der Waals surface area contributed by atoms with Gasteiger partial charge in [-0.3, -0.25) is 14.4 Å². The average molecular weight is 267 g/mol. The molecule has 0 aromatic heterocycles. The van der Waals surface area contributed by atoms with E-state index in [1.807, 2.05) is 30.3 Å². The highest BCUT2D eigenvalue weighted by molar-refractivity contribution is 8.00. The van der Waals surface area contributed by atoms with Crippen molar-refractivity contribution in [3.05, 3.63) is 30.3 Å². The molecule has 2 rings (SSSR count). The van der Waals surface area contributed by atoms with Crippen molar-refractivity contribution in [2.45, 2.75) is 17.3 Å². The van der Waals surface area contributed by atoms with E-state index in [1.165, 1.54) is 11.8 Å². The zero-order chi connectivity index (χ0) is 13.0. The van der Waals surface area contributed by atoms with Crippen LogP contribution in [0.2, 0.25) is 0 Å². The smallest absolute Gasteiger partial charge is 0.293 e. The summed E-state index contributed by atoms with van der Waals surface area (Å²) in [5, 5.41) is 0.796. The number of carbonyl (C=O) groups excluding carboxylic acids is 2. The van der Waals surface area contributed by atoms with Crippen LogP contribution < -0.4 is 0 Å². The Balaban J connectivity index is 2.05. The van der Waals surface area contributed by atoms with Crippen molar-refractivity contribution in [3.63, 3.8) is 0 Å². The zero-order valence-corrected chi connectivity index (χ0v) is 10.7. The maximum absolute atomic E-state index is 12.0. The Kier molecular flexibility index (Phi) is 4.35. The summed E-state index contributed by atoms with van der Waals surface area (Å²) >= 11 is 1.26. The Morgan fingerprint density at radius 2 is 2.11 bits per heavy atom. The molecule has 0 spiro atoms. The van der Waals surface area contributed by atoms with Gasteiger partial charge in [-0.05, 0) is 19.1 Å². The number of nitrogens with zero attached hydrogens (tertiary/aromatic N) is 1. The molecular formula is C12H13NO4S. The molecule has 1 heterocycles. The van der Waals surface area contributed by atoms with Crippen molar-refractivity contribution < 1.29 is 19.2 Å². The van der Waals surface area contributed by atoms with Crippen molar-refractivity contribution in [1.82, 2.24) is 5.06 Å². The Morgan fingerprint density at radius 1 is 1.39 bits per heavy atom. The number of thioether (sulfide) groups is 1. The van der Waals surface area contributed by atoms with E-state index in [9.17, 15) is 9.59 Å². The van der Waals surface area contributed by atoms with Gasteiger partial charge >= 0.3 is 0 Å². The third-order valence-corrected chi connectivity index (χ3v) is 3.33. The van der Waals surface area contributed by atoms with Gasteiger partial charge in [0.05, 0.1) is 6.61 Å². The number of hydroxylamine groups is 2. The molecule has 1 fully saturated rings. The predicted octanol–water partition coefficient (Wildman–Crippen LogP) is 1.44. The van der Waals surface area contributed by atoms with Crippen molar-refractivity contribution in [2.75, 3.05) is 13.2 Å². The van der Waals surface area contributed by atoms with Crippen LogP contribution in [0.15, 0.2) is 35.2 Å². The highest BCUT2D eigenvalue weighted by atomic mass is 32.2. The fraction of sp³-hybridized carbons (Fsp3) is 0.333. The molecule has 1 atom stereocenters. The second kappa shape index (κ2) is 5.99. The zero-order valence-electron chi connectivity index (χ0n) is 9.87. The summed E-state index contributed by atoms with van der Waals surface area (Å²) in [7, 11) is 0. The van der Waals surface area contributed by atoms with E-state index in [0.717, 1.165) is 9.96 Å². The highest BCUT2D eigenvalue weighted by Crippen LogP contribution is 2.27. The average Bonchev–Trinajstić information content (AvgIpc) is 2.39. The minimum atomic E-state index is -0.739. The molecule has 1 aromatic rings. The number of hydrogen-bond acceptors (Lipinski definition) is 5. The first kappa shape index (κ1) is 13.1. The van der Waals surface area contributed by atoms with E-state index in [-0.39, 0.29) is 13.2 Å². The van der Waals surface area contributed by atoms with Crippen LogP contribution in [0.1, 0.15) is 6.92 Å². The number of amides is 2. The normalized spacial score (nSPS) is 20.3. The number of rotatable bonds is 4. The molecule has 6 heteroatoms. The number of carbonyl (C=O) groups is 2. The van der Waals surface area contributed by atoms with Crippen LogP contribution in [-0.2, 0) is 19.2 Å². The van der Waals surface area contributed by atoms with Crippen LogP contribution in [-0.4, -0.2) is 35.5 Å². The molecule has 1 aliphatic rings. The molecule has 18 heavy (non-hydrogen) atoms. The van der Waals surface area contributed by atoms with Crippen LogP contribution in [0.5, 0.6) is 0 Å². The van der Waals surface area contributed by atoms with Gasteiger partial charge in [0.15, 0.2) is 5.44 Å². The van der Waals surface area contributed by atoms with Crippen LogP contribution in [0, 0.1) is 0 Å². The molecule has 0 saturated carbocycles. The Morgan fingerprint density at radius 3 is 2.78 bits per heavy atom. The number of benzene rings is 1. The SMILES string of the molecule is CCON1C(=O)COC(Sc2ccccc2)C1=O. The summed E-state index contributed by atoms with van der Waals surface area (Å²) in [5.74, 6) is -0.936. The van der Waals surface area contributed by atoms with Gasteiger partial charge in [0.1, 0.15) is 6.61 Å². The van der Waals surface area contributed by atoms with Crippen molar-refractivity contribution >= 4 is 23.6 Å². The molecule has 0 radical (unpaired) electrons. The summed E-state index contributed by atoms with van der Waals surface area (Å²) in [6, 6.07) is 9.40. The lowest BCUT2D eigenvalue weighted by atomic mass is 10.4. The van der Waals surface area contributed by atoms with Gasteiger partial charge in [0.2, 0.25) is 0 Å². The van der Waals surface area contributed by atoms with Gasteiger partial charge in [0.25, 0.3) is 11.8 Å². The Hall–Kier alpha value is -1.37. The van der Waals surface area contributed by atoms with E-state index < -0.39 is 17.3 Å². The first-order valence-corrected chi connectivity index (χ1v) is 6.43. The minimum absolute atomic E-state index is 0.143. The third kappa shape index (κ3) is 2.90. The van der Waals surface area contributed by atoms with Crippen LogP contribution in [0.4, 0.5) is 0 Å². The number of ether oxygens (including phenoxy) is 1. The first-order valence-electron chi connectivity index (χ1n) is 5.55. The molecule has 2 amide bonds. The second-order valence-electron chi connectivity index (χ2n) is 3.52. The van der Waals surface area contributed by atoms with E-state index >= 15 is 0 Å². The van der Waals surface area contributed by atoms with Gasteiger partial charge in [-0.25, -0.2) is 0 Å². The summed E-state index contributed by atoms with van der Waals surface area (Å²) in [6.07, 6.45) is 0. The van der Waals surface area contributed by atoms with Gasteiger partial charge in [0, 0.05) is 4.90 Å². The molecule has 1 aliphatic heterocycles. The summed E-state index contributed by atoms with van der Waals surface area (Å²) < 4.78 is 5.23.